The number of aromatic nitrogens is 3. The second-order valence-electron chi connectivity index (χ2n) is 8.96. The molecule has 0 unspecified atom stereocenters. The van der Waals surface area contributed by atoms with E-state index in [1.807, 2.05) is 62.5 Å². The smallest absolute Gasteiger partial charge is 0.249 e. The van der Waals surface area contributed by atoms with E-state index >= 15 is 0 Å². The number of anilines is 1. The summed E-state index contributed by atoms with van der Waals surface area (Å²) in [5.41, 5.74) is 1.31. The number of nitrogens with one attached hydrogen (secondary N) is 1. The maximum Gasteiger partial charge on any atom is 0.249 e. The van der Waals surface area contributed by atoms with Crippen molar-refractivity contribution in [2.24, 2.45) is 0 Å². The third-order valence-corrected chi connectivity index (χ3v) is 7.20. The fraction of sp³-hybridized carbons (Fsp3) is 0.308. The molecule has 36 heavy (non-hydrogen) atoms. The van der Waals surface area contributed by atoms with Crippen LogP contribution in [0.15, 0.2) is 60.0 Å². The lowest BCUT2D eigenvalue weighted by Gasteiger charge is -2.34. The van der Waals surface area contributed by atoms with E-state index < -0.39 is 11.6 Å². The van der Waals surface area contributed by atoms with Crippen molar-refractivity contribution in [1.82, 2.24) is 20.3 Å². The van der Waals surface area contributed by atoms with Gasteiger partial charge in [0.05, 0.1) is 18.3 Å². The predicted octanol–water partition coefficient (Wildman–Crippen LogP) is 5.23. The molecule has 2 aromatic carbocycles. The van der Waals surface area contributed by atoms with Crippen molar-refractivity contribution in [3.63, 3.8) is 0 Å². The Morgan fingerprint density at radius 2 is 1.97 bits per heavy atom. The van der Waals surface area contributed by atoms with Crippen LogP contribution >= 0.6 is 22.9 Å². The molecule has 0 radical (unpaired) electrons. The molecule has 2 aromatic heterocycles. The van der Waals surface area contributed by atoms with Crippen LogP contribution in [0.2, 0.25) is 5.02 Å². The normalized spacial score (nSPS) is 12.4. The van der Waals surface area contributed by atoms with Crippen molar-refractivity contribution in [3.05, 3.63) is 69.9 Å². The molecule has 0 spiro atoms. The molecule has 0 aliphatic rings. The van der Waals surface area contributed by atoms with Crippen LogP contribution in [0.4, 0.5) is 5.69 Å². The first-order chi connectivity index (χ1) is 17.2. The van der Waals surface area contributed by atoms with Crippen molar-refractivity contribution >= 4 is 51.5 Å². The Kier molecular flexibility index (Phi) is 7.61. The molecule has 0 fully saturated rings. The molecule has 10 heteroatoms. The summed E-state index contributed by atoms with van der Waals surface area (Å²) in [7, 11) is 1.51. The molecule has 0 saturated heterocycles. The Morgan fingerprint density at radius 1 is 1.19 bits per heavy atom. The van der Waals surface area contributed by atoms with E-state index in [1.165, 1.54) is 28.0 Å². The first-order valence-corrected chi connectivity index (χ1v) is 12.8. The van der Waals surface area contributed by atoms with Crippen LogP contribution in [-0.2, 0) is 16.1 Å². The van der Waals surface area contributed by atoms with E-state index in [4.69, 9.17) is 16.3 Å². The third kappa shape index (κ3) is 5.37. The van der Waals surface area contributed by atoms with E-state index in [2.05, 4.69) is 15.6 Å². The Morgan fingerprint density at radius 3 is 2.67 bits per heavy atom. The Balaban J connectivity index is 1.84. The van der Waals surface area contributed by atoms with Gasteiger partial charge in [0.25, 0.3) is 0 Å². The van der Waals surface area contributed by atoms with Crippen molar-refractivity contribution in [3.8, 4) is 5.75 Å². The lowest BCUT2D eigenvalue weighted by atomic mass is 10.0. The van der Waals surface area contributed by atoms with E-state index in [0.29, 0.717) is 32.4 Å². The minimum atomic E-state index is -0.953. The van der Waals surface area contributed by atoms with Gasteiger partial charge in [-0.05, 0) is 62.0 Å². The maximum absolute atomic E-state index is 14.1. The predicted molar refractivity (Wildman–Crippen MR) is 143 cm³/mol. The molecule has 4 rings (SSSR count). The lowest BCUT2D eigenvalue weighted by Crippen LogP contribution is -2.51. The van der Waals surface area contributed by atoms with Gasteiger partial charge in [0.1, 0.15) is 23.9 Å². The number of carbonyl (C=O) groups excluding carboxylic acids is 2. The summed E-state index contributed by atoms with van der Waals surface area (Å²) in [6.45, 7) is 5.76. The monoisotopic (exact) mass is 525 g/mol. The topological polar surface area (TPSA) is 89.4 Å². The highest BCUT2D eigenvalue weighted by Gasteiger charge is 2.37. The number of nitrogens with zero attached hydrogens (tertiary/aromatic N) is 4. The quantitative estimate of drug-likeness (QED) is 0.323. The van der Waals surface area contributed by atoms with Gasteiger partial charge in [-0.15, -0.1) is 16.4 Å². The standard InChI is InChI=1S/C26H28ClN5O3S/c1-5-26(2,3)28-25(34)24(22-11-8-14-36-22)32(20-15-17(27)12-13-21(20)35-4)23(33)16-31-19-10-7-6-9-18(19)29-30-31/h6-15,24H,5,16H2,1-4H3,(H,28,34)/t24-/m1/s1. The van der Waals surface area contributed by atoms with Crippen molar-refractivity contribution in [2.75, 3.05) is 12.0 Å². The lowest BCUT2D eigenvalue weighted by molar-refractivity contribution is -0.128. The molecule has 4 aromatic rings. The summed E-state index contributed by atoms with van der Waals surface area (Å²) < 4.78 is 7.12. The number of ether oxygens (including phenoxy) is 1. The number of benzene rings is 2. The summed E-state index contributed by atoms with van der Waals surface area (Å²) in [4.78, 5) is 30.1. The minimum Gasteiger partial charge on any atom is -0.495 e. The molecule has 188 valence electrons. The number of hydrogen-bond acceptors (Lipinski definition) is 6. The van der Waals surface area contributed by atoms with E-state index in [1.54, 1.807) is 18.2 Å². The molecular formula is C26H28ClN5O3S. The second-order valence-corrected chi connectivity index (χ2v) is 10.4. The zero-order valence-corrected chi connectivity index (χ0v) is 22.1. The highest BCUT2D eigenvalue weighted by Crippen LogP contribution is 2.38. The summed E-state index contributed by atoms with van der Waals surface area (Å²) >= 11 is 7.76. The van der Waals surface area contributed by atoms with Crippen LogP contribution in [0, 0.1) is 0 Å². The van der Waals surface area contributed by atoms with Crippen LogP contribution < -0.4 is 15.0 Å². The van der Waals surface area contributed by atoms with Crippen molar-refractivity contribution in [2.45, 2.75) is 45.3 Å². The third-order valence-electron chi connectivity index (χ3n) is 6.04. The number of methoxy groups -OCH3 is 1. The highest BCUT2D eigenvalue weighted by molar-refractivity contribution is 7.10. The number of halogens is 1. The number of amides is 2. The Hall–Kier alpha value is -3.43. The molecule has 2 heterocycles. The van der Waals surface area contributed by atoms with Gasteiger partial charge in [0, 0.05) is 15.4 Å². The SMILES string of the molecule is CCC(C)(C)NC(=O)[C@@H](c1cccs1)N(C(=O)Cn1nnc2ccccc21)c1cc(Cl)ccc1OC. The Labute approximate surface area is 218 Å². The van der Waals surface area contributed by atoms with Gasteiger partial charge < -0.3 is 10.1 Å². The highest BCUT2D eigenvalue weighted by atomic mass is 35.5. The molecule has 1 atom stereocenters. The number of para-hydroxylation sites is 1. The first-order valence-electron chi connectivity index (χ1n) is 11.5. The first kappa shape index (κ1) is 25.7. The molecule has 0 saturated carbocycles. The van der Waals surface area contributed by atoms with Gasteiger partial charge in [-0.2, -0.15) is 0 Å². The van der Waals surface area contributed by atoms with Gasteiger partial charge in [0.2, 0.25) is 11.8 Å². The maximum atomic E-state index is 14.1. The number of hydrogen-bond donors (Lipinski definition) is 1. The van der Waals surface area contributed by atoms with Crippen LogP contribution in [-0.4, -0.2) is 39.5 Å². The van der Waals surface area contributed by atoms with Gasteiger partial charge in [-0.25, -0.2) is 4.68 Å². The van der Waals surface area contributed by atoms with E-state index in [0.717, 1.165) is 6.42 Å². The largest absolute Gasteiger partial charge is 0.495 e. The molecule has 0 aliphatic heterocycles. The number of carbonyl (C=O) groups is 2. The molecular weight excluding hydrogens is 498 g/mol. The molecule has 2 amide bonds. The molecule has 0 bridgehead atoms. The van der Waals surface area contributed by atoms with Crippen LogP contribution in [0.25, 0.3) is 11.0 Å². The van der Waals surface area contributed by atoms with Crippen LogP contribution in [0.1, 0.15) is 38.1 Å². The number of rotatable bonds is 9. The van der Waals surface area contributed by atoms with E-state index in [9.17, 15) is 9.59 Å². The molecule has 0 aliphatic carbocycles. The van der Waals surface area contributed by atoms with E-state index in [-0.39, 0.29) is 18.4 Å². The minimum absolute atomic E-state index is 0.136. The van der Waals surface area contributed by atoms with Gasteiger partial charge in [-0.1, -0.05) is 41.9 Å². The van der Waals surface area contributed by atoms with Crippen LogP contribution in [0.3, 0.4) is 0 Å². The van der Waals surface area contributed by atoms with Crippen LogP contribution in [0.5, 0.6) is 5.75 Å². The summed E-state index contributed by atoms with van der Waals surface area (Å²) in [6, 6.07) is 15.1. The zero-order valence-electron chi connectivity index (χ0n) is 20.6. The average molecular weight is 526 g/mol. The summed E-state index contributed by atoms with van der Waals surface area (Å²) in [5, 5.41) is 13.7. The molecule has 8 nitrogen and oxygen atoms in total. The fourth-order valence-electron chi connectivity index (χ4n) is 3.82. The van der Waals surface area contributed by atoms with Crippen molar-refractivity contribution < 1.29 is 14.3 Å². The number of fused-ring (bicyclic) bond motifs is 1. The second kappa shape index (κ2) is 10.7. The average Bonchev–Trinajstić information content (AvgIpc) is 3.52. The number of thiophene rings is 1. The molecule has 1 N–H and O–H groups in total. The summed E-state index contributed by atoms with van der Waals surface area (Å²) in [6.07, 6.45) is 0.718. The van der Waals surface area contributed by atoms with Gasteiger partial charge >= 0.3 is 0 Å². The van der Waals surface area contributed by atoms with Gasteiger partial charge in [-0.3, -0.25) is 14.5 Å². The summed E-state index contributed by atoms with van der Waals surface area (Å²) in [5.74, 6) is -0.252. The Bertz CT molecular complexity index is 1370. The van der Waals surface area contributed by atoms with Crippen molar-refractivity contribution in [1.29, 1.82) is 0 Å². The zero-order chi connectivity index (χ0) is 25.9. The fourth-order valence-corrected chi connectivity index (χ4v) is 4.80. The van der Waals surface area contributed by atoms with Gasteiger partial charge in [0.15, 0.2) is 0 Å².